The van der Waals surface area contributed by atoms with Crippen LogP contribution in [-0.4, -0.2) is 44.2 Å². The van der Waals surface area contributed by atoms with Crippen molar-refractivity contribution in [3.63, 3.8) is 0 Å². The third-order valence-electron chi connectivity index (χ3n) is 7.36. The fraction of sp³-hybridized carbons (Fsp3) is 0.250. The minimum atomic E-state index is -0.954. The van der Waals surface area contributed by atoms with E-state index >= 15 is 0 Å². The topological polar surface area (TPSA) is 80.5 Å². The molecule has 0 aliphatic heterocycles. The van der Waals surface area contributed by atoms with E-state index in [0.29, 0.717) is 33.9 Å². The molecular formula is C32H30ClFN4O3S. The van der Waals surface area contributed by atoms with Gasteiger partial charge < -0.3 is 14.5 Å². The fourth-order valence-electron chi connectivity index (χ4n) is 4.98. The highest BCUT2D eigenvalue weighted by molar-refractivity contribution is 7.84. The third kappa shape index (κ3) is 6.48. The first kappa shape index (κ1) is 28.3. The number of hydrogen-bond donors (Lipinski definition) is 1. The summed E-state index contributed by atoms with van der Waals surface area (Å²) in [6.07, 6.45) is 5.56. The fourth-order valence-corrected chi connectivity index (χ4v) is 6.05. The van der Waals surface area contributed by atoms with Crippen LogP contribution < -0.4 is 10.1 Å². The molecule has 0 radical (unpaired) electrons. The normalized spacial score (nSPS) is 14.7. The molecule has 1 aliphatic carbocycles. The Morgan fingerprint density at radius 3 is 2.74 bits per heavy atom. The van der Waals surface area contributed by atoms with Gasteiger partial charge >= 0.3 is 0 Å². The molecule has 7 nitrogen and oxygen atoms in total. The molecule has 0 bridgehead atoms. The first-order valence-corrected chi connectivity index (χ1v) is 15.8. The van der Waals surface area contributed by atoms with Crippen molar-refractivity contribution in [1.29, 1.82) is 0 Å². The number of fused-ring (bicyclic) bond motifs is 1. The molecule has 0 amide bonds. The van der Waals surface area contributed by atoms with Gasteiger partial charge in [-0.25, -0.2) is 14.4 Å². The Labute approximate surface area is 251 Å². The highest BCUT2D eigenvalue weighted by Crippen LogP contribution is 2.37. The summed E-state index contributed by atoms with van der Waals surface area (Å²) in [5.41, 5.74) is 3.10. The van der Waals surface area contributed by atoms with Crippen LogP contribution in [0.3, 0.4) is 0 Å². The van der Waals surface area contributed by atoms with Gasteiger partial charge in [0, 0.05) is 45.5 Å². The molecule has 6 rings (SSSR count). The molecule has 0 spiro atoms. The summed E-state index contributed by atoms with van der Waals surface area (Å²) in [5.74, 6) is 2.86. The van der Waals surface area contributed by atoms with Gasteiger partial charge in [0.1, 0.15) is 41.8 Å². The van der Waals surface area contributed by atoms with Crippen LogP contribution in [0.5, 0.6) is 5.75 Å². The number of halogens is 2. The summed E-state index contributed by atoms with van der Waals surface area (Å²) in [5, 5.41) is 4.57. The van der Waals surface area contributed by atoms with Crippen LogP contribution in [0.25, 0.3) is 22.2 Å². The number of hydrogen-bond acceptors (Lipinski definition) is 7. The highest BCUT2D eigenvalue weighted by atomic mass is 35.5. The van der Waals surface area contributed by atoms with E-state index in [9.17, 15) is 8.60 Å². The van der Waals surface area contributed by atoms with Gasteiger partial charge in [0.25, 0.3) is 0 Å². The zero-order valence-corrected chi connectivity index (χ0v) is 24.8. The molecule has 42 heavy (non-hydrogen) atoms. The van der Waals surface area contributed by atoms with Crippen molar-refractivity contribution in [2.45, 2.75) is 31.5 Å². The third-order valence-corrected chi connectivity index (χ3v) is 8.44. The number of nitrogens with zero attached hydrogens (tertiary/aromatic N) is 3. The molecule has 1 N–H and O–H groups in total. The standard InChI is InChI=1S/C32H30ClFN4O3S/c1-38(24-8-9-24)28(18-42(2)39)31-13-12-29(41-31)21-6-10-27-25(15-21)32(36-19-35-27)37-23-7-11-30(26(33)16-23)40-17-20-4-3-5-22(34)14-20/h3-7,10-16,19,24,28H,8-9,17-18H2,1-2H3,(H,35,36,37). The Balaban J connectivity index is 1.22. The molecule has 216 valence electrons. The van der Waals surface area contributed by atoms with E-state index in [2.05, 4.69) is 27.2 Å². The van der Waals surface area contributed by atoms with Gasteiger partial charge in [0.05, 0.1) is 16.6 Å². The first-order chi connectivity index (χ1) is 20.3. The van der Waals surface area contributed by atoms with Crippen LogP contribution in [0.2, 0.25) is 5.02 Å². The number of benzene rings is 3. The van der Waals surface area contributed by atoms with Crippen molar-refractivity contribution >= 4 is 44.8 Å². The first-order valence-electron chi connectivity index (χ1n) is 13.6. The summed E-state index contributed by atoms with van der Waals surface area (Å²) < 4.78 is 37.7. The summed E-state index contributed by atoms with van der Waals surface area (Å²) in [6.45, 7) is 0.200. The van der Waals surface area contributed by atoms with Crippen molar-refractivity contribution < 1.29 is 17.8 Å². The van der Waals surface area contributed by atoms with Gasteiger partial charge in [-0.15, -0.1) is 0 Å². The van der Waals surface area contributed by atoms with Crippen molar-refractivity contribution in [3.8, 4) is 17.1 Å². The Morgan fingerprint density at radius 2 is 1.98 bits per heavy atom. The Morgan fingerprint density at radius 1 is 1.12 bits per heavy atom. The average molecular weight is 605 g/mol. The van der Waals surface area contributed by atoms with E-state index in [0.717, 1.165) is 46.5 Å². The van der Waals surface area contributed by atoms with E-state index in [1.54, 1.807) is 30.5 Å². The maximum atomic E-state index is 13.5. The van der Waals surface area contributed by atoms with Gasteiger partial charge in [-0.3, -0.25) is 9.11 Å². The van der Waals surface area contributed by atoms with E-state index in [4.69, 9.17) is 20.8 Å². The minimum absolute atomic E-state index is 0.0383. The number of rotatable bonds is 11. The van der Waals surface area contributed by atoms with Gasteiger partial charge in [0.2, 0.25) is 0 Å². The van der Waals surface area contributed by atoms with Crippen LogP contribution in [0.15, 0.2) is 83.5 Å². The molecule has 2 aromatic heterocycles. The number of anilines is 2. The van der Waals surface area contributed by atoms with Crippen LogP contribution in [0.4, 0.5) is 15.9 Å². The van der Waals surface area contributed by atoms with E-state index < -0.39 is 10.8 Å². The average Bonchev–Trinajstić information content (AvgIpc) is 3.71. The minimum Gasteiger partial charge on any atom is -0.487 e. The van der Waals surface area contributed by atoms with E-state index in [1.165, 1.54) is 18.5 Å². The number of ether oxygens (including phenoxy) is 1. The molecule has 5 aromatic rings. The maximum Gasteiger partial charge on any atom is 0.141 e. The molecular weight excluding hydrogens is 575 g/mol. The Kier molecular flexibility index (Phi) is 8.24. The second kappa shape index (κ2) is 12.2. The van der Waals surface area contributed by atoms with Gasteiger partial charge in [-0.1, -0.05) is 23.7 Å². The zero-order valence-electron chi connectivity index (χ0n) is 23.2. The van der Waals surface area contributed by atoms with Crippen molar-refractivity contribution in [2.75, 3.05) is 24.4 Å². The largest absolute Gasteiger partial charge is 0.487 e. The monoisotopic (exact) mass is 604 g/mol. The molecule has 2 unspecified atom stereocenters. The number of furan rings is 1. The number of nitrogens with one attached hydrogen (secondary N) is 1. The van der Waals surface area contributed by atoms with Crippen molar-refractivity contribution in [3.05, 3.63) is 101 Å². The smallest absolute Gasteiger partial charge is 0.141 e. The van der Waals surface area contributed by atoms with Crippen LogP contribution in [0, 0.1) is 5.82 Å². The molecule has 10 heteroatoms. The van der Waals surface area contributed by atoms with Gasteiger partial charge in [-0.05, 0) is 86.1 Å². The molecule has 1 fully saturated rings. The zero-order chi connectivity index (χ0) is 29.2. The van der Waals surface area contributed by atoms with Gasteiger partial charge in [0.15, 0.2) is 0 Å². The SMILES string of the molecule is CN(C1CC1)C(CS(C)=O)c1ccc(-c2ccc3ncnc(Nc4ccc(OCc5cccc(F)c5)c(Cl)c4)c3c2)o1. The summed E-state index contributed by atoms with van der Waals surface area (Å²) in [6, 6.07) is 22.0. The molecule has 0 saturated heterocycles. The maximum absolute atomic E-state index is 13.5. The second-order valence-electron chi connectivity index (χ2n) is 10.5. The predicted octanol–water partition coefficient (Wildman–Crippen LogP) is 7.52. The van der Waals surface area contributed by atoms with Crippen molar-refractivity contribution in [2.24, 2.45) is 0 Å². The predicted molar refractivity (Wildman–Crippen MR) is 165 cm³/mol. The molecule has 2 heterocycles. The summed E-state index contributed by atoms with van der Waals surface area (Å²) in [7, 11) is 1.13. The lowest BCUT2D eigenvalue weighted by Crippen LogP contribution is -2.30. The molecule has 1 saturated carbocycles. The highest BCUT2D eigenvalue weighted by Gasteiger charge is 2.34. The Hall–Kier alpha value is -3.79. The van der Waals surface area contributed by atoms with Crippen molar-refractivity contribution in [1.82, 2.24) is 14.9 Å². The lowest BCUT2D eigenvalue weighted by Gasteiger charge is -2.25. The van der Waals surface area contributed by atoms with E-state index in [-0.39, 0.29) is 18.5 Å². The summed E-state index contributed by atoms with van der Waals surface area (Å²) in [4.78, 5) is 11.2. The van der Waals surface area contributed by atoms with Crippen LogP contribution >= 0.6 is 11.6 Å². The quantitative estimate of drug-likeness (QED) is 0.167. The molecule has 1 aliphatic rings. The lowest BCUT2D eigenvalue weighted by atomic mass is 10.1. The van der Waals surface area contributed by atoms with Crippen LogP contribution in [0.1, 0.15) is 30.2 Å². The second-order valence-corrected chi connectivity index (χ2v) is 12.4. The van der Waals surface area contributed by atoms with Crippen LogP contribution in [-0.2, 0) is 17.4 Å². The van der Waals surface area contributed by atoms with Gasteiger partial charge in [-0.2, -0.15) is 0 Å². The lowest BCUT2D eigenvalue weighted by molar-refractivity contribution is 0.226. The Bertz CT molecular complexity index is 1760. The molecule has 3 aromatic carbocycles. The summed E-state index contributed by atoms with van der Waals surface area (Å²) >= 11 is 6.51. The van der Waals surface area contributed by atoms with E-state index in [1.807, 2.05) is 36.4 Å². The molecule has 2 atom stereocenters. The number of aromatic nitrogens is 2.